The molecule has 1 aromatic carbocycles. The molecule has 8 heteroatoms. The van der Waals surface area contributed by atoms with Gasteiger partial charge in [0.25, 0.3) is 0 Å². The number of pyridine rings is 1. The van der Waals surface area contributed by atoms with Crippen LogP contribution in [0, 0.1) is 6.92 Å². The van der Waals surface area contributed by atoms with Crippen LogP contribution in [0.2, 0.25) is 0 Å². The SMILES string of the molecule is Cc1ccn2c(N=Nc3ccc(CC(=O)O)cc3)c(C(=O)O)nc2c1. The lowest BCUT2D eigenvalue weighted by molar-refractivity contribution is -0.136. The molecule has 0 aliphatic heterocycles. The van der Waals surface area contributed by atoms with Crippen LogP contribution in [0.25, 0.3) is 5.65 Å². The van der Waals surface area contributed by atoms with Crippen molar-refractivity contribution in [3.63, 3.8) is 0 Å². The highest BCUT2D eigenvalue weighted by Gasteiger charge is 2.18. The lowest BCUT2D eigenvalue weighted by Crippen LogP contribution is -1.99. The van der Waals surface area contributed by atoms with Gasteiger partial charge in [0.05, 0.1) is 12.1 Å². The Hall–Kier alpha value is -3.55. The van der Waals surface area contributed by atoms with Gasteiger partial charge in [-0.1, -0.05) is 12.1 Å². The molecule has 0 saturated heterocycles. The van der Waals surface area contributed by atoms with Crippen molar-refractivity contribution in [1.82, 2.24) is 9.38 Å². The Morgan fingerprint density at radius 3 is 2.48 bits per heavy atom. The van der Waals surface area contributed by atoms with Gasteiger partial charge in [-0.3, -0.25) is 9.20 Å². The van der Waals surface area contributed by atoms with Gasteiger partial charge in [0.1, 0.15) is 5.65 Å². The van der Waals surface area contributed by atoms with Crippen molar-refractivity contribution in [2.24, 2.45) is 10.2 Å². The molecule has 0 radical (unpaired) electrons. The molecule has 3 aromatic rings. The minimum atomic E-state index is -1.19. The summed E-state index contributed by atoms with van der Waals surface area (Å²) in [6.45, 7) is 1.88. The van der Waals surface area contributed by atoms with Crippen LogP contribution in [-0.2, 0) is 11.2 Å². The molecule has 25 heavy (non-hydrogen) atoms. The number of aliphatic carboxylic acids is 1. The first kappa shape index (κ1) is 16.3. The first-order chi connectivity index (χ1) is 11.9. The predicted octanol–water partition coefficient (Wildman–Crippen LogP) is 3.38. The maximum Gasteiger partial charge on any atom is 0.358 e. The van der Waals surface area contributed by atoms with E-state index in [0.717, 1.165) is 5.56 Å². The van der Waals surface area contributed by atoms with E-state index in [0.29, 0.717) is 16.9 Å². The number of azo groups is 1. The minimum absolute atomic E-state index is 0.0762. The van der Waals surface area contributed by atoms with Gasteiger partial charge in [0.15, 0.2) is 11.5 Å². The molecule has 0 spiro atoms. The molecule has 0 amide bonds. The summed E-state index contributed by atoms with van der Waals surface area (Å²) in [4.78, 5) is 26.2. The monoisotopic (exact) mass is 338 g/mol. The summed E-state index contributed by atoms with van der Waals surface area (Å²) in [5, 5.41) is 26.2. The van der Waals surface area contributed by atoms with Crippen molar-refractivity contribution in [2.75, 3.05) is 0 Å². The molecule has 2 N–H and O–H groups in total. The van der Waals surface area contributed by atoms with E-state index in [9.17, 15) is 14.7 Å². The second-order valence-electron chi connectivity index (χ2n) is 5.46. The average molecular weight is 338 g/mol. The van der Waals surface area contributed by atoms with Crippen LogP contribution >= 0.6 is 0 Å². The van der Waals surface area contributed by atoms with E-state index in [4.69, 9.17) is 5.11 Å². The third-order valence-corrected chi connectivity index (χ3v) is 3.51. The number of rotatable bonds is 5. The lowest BCUT2D eigenvalue weighted by Gasteiger charge is -1.99. The van der Waals surface area contributed by atoms with E-state index >= 15 is 0 Å². The predicted molar refractivity (Wildman–Crippen MR) is 88.8 cm³/mol. The molecule has 126 valence electrons. The van der Waals surface area contributed by atoms with E-state index in [-0.39, 0.29) is 17.9 Å². The van der Waals surface area contributed by atoms with Crippen LogP contribution in [0.15, 0.2) is 52.8 Å². The van der Waals surface area contributed by atoms with E-state index in [1.807, 2.05) is 13.0 Å². The fourth-order valence-electron chi connectivity index (χ4n) is 2.33. The van der Waals surface area contributed by atoms with Crippen LogP contribution in [0.5, 0.6) is 0 Å². The van der Waals surface area contributed by atoms with Crippen molar-refractivity contribution in [1.29, 1.82) is 0 Å². The van der Waals surface area contributed by atoms with Crippen molar-refractivity contribution in [2.45, 2.75) is 13.3 Å². The second-order valence-corrected chi connectivity index (χ2v) is 5.46. The van der Waals surface area contributed by atoms with Crippen molar-refractivity contribution >= 4 is 29.1 Å². The Morgan fingerprint density at radius 1 is 1.12 bits per heavy atom. The summed E-state index contributed by atoms with van der Waals surface area (Å²) in [5.41, 5.74) is 2.36. The lowest BCUT2D eigenvalue weighted by atomic mass is 10.1. The topological polar surface area (TPSA) is 117 Å². The minimum Gasteiger partial charge on any atom is -0.481 e. The van der Waals surface area contributed by atoms with Crippen LogP contribution in [0.1, 0.15) is 21.6 Å². The number of carboxylic acids is 2. The Labute approximate surface area is 142 Å². The molecule has 0 aliphatic rings. The number of hydrogen-bond acceptors (Lipinski definition) is 5. The van der Waals surface area contributed by atoms with Crippen molar-refractivity contribution in [3.05, 3.63) is 59.4 Å². The zero-order valence-corrected chi connectivity index (χ0v) is 13.2. The highest BCUT2D eigenvalue weighted by atomic mass is 16.4. The first-order valence-corrected chi connectivity index (χ1v) is 7.38. The molecule has 2 heterocycles. The summed E-state index contributed by atoms with van der Waals surface area (Å²) in [7, 11) is 0. The Morgan fingerprint density at radius 2 is 1.84 bits per heavy atom. The van der Waals surface area contributed by atoms with Gasteiger partial charge < -0.3 is 10.2 Å². The molecule has 0 bridgehead atoms. The summed E-state index contributed by atoms with van der Waals surface area (Å²) in [6.07, 6.45) is 1.61. The first-order valence-electron chi connectivity index (χ1n) is 7.38. The van der Waals surface area contributed by atoms with Gasteiger partial charge in [-0.15, -0.1) is 10.2 Å². The molecular formula is C17H14N4O4. The normalized spacial score (nSPS) is 11.2. The van der Waals surface area contributed by atoms with Crippen LogP contribution in [0.4, 0.5) is 11.5 Å². The maximum absolute atomic E-state index is 11.4. The standard InChI is InChI=1S/C17H14N4O4/c1-10-6-7-21-13(8-10)18-15(17(24)25)16(21)20-19-12-4-2-11(3-5-12)9-14(22)23/h2-8H,9H2,1H3,(H,22,23)(H,24,25). The number of imidazole rings is 1. The average Bonchev–Trinajstić information content (AvgIpc) is 2.91. The summed E-state index contributed by atoms with van der Waals surface area (Å²) < 4.78 is 1.55. The number of aryl methyl sites for hydroxylation is 1. The smallest absolute Gasteiger partial charge is 0.358 e. The van der Waals surface area contributed by atoms with E-state index in [2.05, 4.69) is 15.2 Å². The number of carboxylic acid groups (broad SMARTS) is 2. The van der Waals surface area contributed by atoms with Crippen LogP contribution < -0.4 is 0 Å². The molecule has 0 atom stereocenters. The Kier molecular flexibility index (Phi) is 4.25. The largest absolute Gasteiger partial charge is 0.481 e. The van der Waals surface area contributed by atoms with E-state index < -0.39 is 11.9 Å². The number of hydrogen-bond donors (Lipinski definition) is 2. The molecule has 0 aliphatic carbocycles. The number of aromatic carboxylic acids is 1. The maximum atomic E-state index is 11.4. The number of aromatic nitrogens is 2. The highest BCUT2D eigenvalue weighted by molar-refractivity contribution is 5.91. The van der Waals surface area contributed by atoms with Gasteiger partial charge >= 0.3 is 11.9 Å². The molecule has 0 saturated carbocycles. The van der Waals surface area contributed by atoms with Gasteiger partial charge in [-0.05, 0) is 42.3 Å². The molecular weight excluding hydrogens is 324 g/mol. The number of carbonyl (C=O) groups is 2. The number of nitrogens with zero attached hydrogens (tertiary/aromatic N) is 4. The third-order valence-electron chi connectivity index (χ3n) is 3.51. The fourth-order valence-corrected chi connectivity index (χ4v) is 2.33. The number of benzene rings is 1. The van der Waals surface area contributed by atoms with E-state index in [1.54, 1.807) is 40.9 Å². The zero-order valence-electron chi connectivity index (χ0n) is 13.2. The van der Waals surface area contributed by atoms with Gasteiger partial charge in [0, 0.05) is 6.20 Å². The Balaban J connectivity index is 1.96. The van der Waals surface area contributed by atoms with Crippen molar-refractivity contribution < 1.29 is 19.8 Å². The molecule has 2 aromatic heterocycles. The molecule has 0 fully saturated rings. The Bertz CT molecular complexity index is 990. The summed E-state index contributed by atoms with van der Waals surface area (Å²) >= 11 is 0. The number of fused-ring (bicyclic) bond motifs is 1. The molecule has 0 unspecified atom stereocenters. The van der Waals surface area contributed by atoms with Gasteiger partial charge in [-0.2, -0.15) is 0 Å². The van der Waals surface area contributed by atoms with Gasteiger partial charge in [-0.25, -0.2) is 9.78 Å². The second kappa shape index (κ2) is 6.52. The van der Waals surface area contributed by atoms with Crippen LogP contribution in [-0.4, -0.2) is 31.5 Å². The summed E-state index contributed by atoms with van der Waals surface area (Å²) in [5.74, 6) is -1.98. The van der Waals surface area contributed by atoms with Gasteiger partial charge in [0.2, 0.25) is 0 Å². The highest BCUT2D eigenvalue weighted by Crippen LogP contribution is 2.25. The zero-order chi connectivity index (χ0) is 18.0. The van der Waals surface area contributed by atoms with Crippen LogP contribution in [0.3, 0.4) is 0 Å². The van der Waals surface area contributed by atoms with Crippen molar-refractivity contribution in [3.8, 4) is 0 Å². The summed E-state index contributed by atoms with van der Waals surface area (Å²) in [6, 6.07) is 10.1. The molecule has 3 rings (SSSR count). The van der Waals surface area contributed by atoms with E-state index in [1.165, 1.54) is 0 Å². The third kappa shape index (κ3) is 3.52. The quantitative estimate of drug-likeness (QED) is 0.692. The fraction of sp³-hybridized carbons (Fsp3) is 0.118. The molecule has 8 nitrogen and oxygen atoms in total.